The van der Waals surface area contributed by atoms with E-state index in [1.807, 2.05) is 0 Å². The lowest BCUT2D eigenvalue weighted by Gasteiger charge is -2.29. The van der Waals surface area contributed by atoms with Gasteiger partial charge < -0.3 is 14.8 Å². The number of carbonyl (C=O) groups is 2. The fourth-order valence-corrected chi connectivity index (χ4v) is 3.68. The molecule has 3 rings (SSSR count). The van der Waals surface area contributed by atoms with Crippen LogP contribution in [0.5, 0.6) is 11.5 Å². The van der Waals surface area contributed by atoms with Gasteiger partial charge in [0, 0.05) is 23.6 Å². The minimum Gasteiger partial charge on any atom is -0.493 e. The number of rotatable bonds is 8. The predicted octanol–water partition coefficient (Wildman–Crippen LogP) is 5.89. The van der Waals surface area contributed by atoms with Crippen molar-refractivity contribution in [2.24, 2.45) is 11.0 Å². The third-order valence-corrected chi connectivity index (χ3v) is 5.69. The number of hydrazone groups is 1. The molecule has 1 atom stereocenters. The number of nitrogens with one attached hydrogen (secondary N) is 1. The number of ether oxygens (including phenoxy) is 2. The Morgan fingerprint density at radius 3 is 2.21 bits per heavy atom. The fraction of sp³-hybridized carbons (Fsp3) is 0.375. The third kappa shape index (κ3) is 6.95. The Morgan fingerprint density at radius 2 is 1.67 bits per heavy atom. The van der Waals surface area contributed by atoms with Gasteiger partial charge in [-0.2, -0.15) is 27.1 Å². The highest BCUT2D eigenvalue weighted by Gasteiger charge is 2.63. The normalized spacial score (nSPS) is 16.6. The van der Waals surface area contributed by atoms with Gasteiger partial charge in [-0.15, -0.1) is 13.2 Å². The molecule has 2 aromatic carbocycles. The van der Waals surface area contributed by atoms with Crippen LogP contribution in [-0.2, 0) is 16.1 Å². The summed E-state index contributed by atoms with van der Waals surface area (Å²) in [5, 5.41) is 6.87. The molecule has 0 aromatic heterocycles. The van der Waals surface area contributed by atoms with E-state index >= 15 is 0 Å². The van der Waals surface area contributed by atoms with Crippen molar-refractivity contribution in [2.75, 3.05) is 12.4 Å². The topological polar surface area (TPSA) is 80.2 Å². The molecule has 7 nitrogen and oxygen atoms in total. The first kappa shape index (κ1) is 29.6. The average molecular weight is 567 g/mol. The molecule has 1 heterocycles. The van der Waals surface area contributed by atoms with Gasteiger partial charge in [-0.3, -0.25) is 9.59 Å². The molecule has 2 aromatic rings. The van der Waals surface area contributed by atoms with Crippen LogP contribution in [0.1, 0.15) is 30.9 Å². The second-order valence-electron chi connectivity index (χ2n) is 8.38. The molecule has 1 aliphatic rings. The van der Waals surface area contributed by atoms with Crippen molar-refractivity contribution in [3.05, 3.63) is 53.6 Å². The Hall–Kier alpha value is -3.91. The number of nitrogens with zero attached hydrogens (tertiary/aromatic N) is 2. The Kier molecular flexibility index (Phi) is 8.41. The van der Waals surface area contributed by atoms with Crippen LogP contribution in [0.15, 0.2) is 47.6 Å². The van der Waals surface area contributed by atoms with Crippen molar-refractivity contribution < 1.29 is 54.2 Å². The number of carbonyl (C=O) groups excluding carboxylic acids is 2. The van der Waals surface area contributed by atoms with Crippen LogP contribution >= 0.6 is 0 Å². The van der Waals surface area contributed by atoms with Gasteiger partial charge in [0.1, 0.15) is 0 Å². The molecule has 0 aliphatic carbocycles. The first-order chi connectivity index (χ1) is 18.1. The van der Waals surface area contributed by atoms with Crippen LogP contribution in [0, 0.1) is 5.92 Å². The number of halogens is 8. The van der Waals surface area contributed by atoms with Crippen LogP contribution in [0.4, 0.5) is 40.8 Å². The summed E-state index contributed by atoms with van der Waals surface area (Å²) in [5.41, 5.74) is 0.592. The minimum absolute atomic E-state index is 0.0164. The molecule has 0 bridgehead atoms. The highest BCUT2D eigenvalue weighted by atomic mass is 19.4. The summed E-state index contributed by atoms with van der Waals surface area (Å²) in [7, 11) is 1.17. The highest BCUT2D eigenvalue weighted by molar-refractivity contribution is 6.06. The molecule has 0 fully saturated rings. The van der Waals surface area contributed by atoms with Gasteiger partial charge in [-0.25, -0.2) is 5.01 Å². The van der Waals surface area contributed by atoms with Crippen LogP contribution in [0.25, 0.3) is 0 Å². The maximum absolute atomic E-state index is 13.2. The maximum Gasteiger partial charge on any atom is 0.573 e. The quantitative estimate of drug-likeness (QED) is 0.404. The van der Waals surface area contributed by atoms with Crippen molar-refractivity contribution in [1.29, 1.82) is 0 Å². The zero-order valence-corrected chi connectivity index (χ0v) is 20.3. The molecule has 1 unspecified atom stereocenters. The van der Waals surface area contributed by atoms with Gasteiger partial charge in [-0.1, -0.05) is 19.1 Å². The van der Waals surface area contributed by atoms with E-state index in [-0.39, 0.29) is 30.0 Å². The van der Waals surface area contributed by atoms with Crippen LogP contribution in [-0.4, -0.2) is 48.1 Å². The molecule has 0 saturated heterocycles. The van der Waals surface area contributed by atoms with Gasteiger partial charge in [0.25, 0.3) is 0 Å². The Bertz CT molecular complexity index is 1240. The number of hydrogen-bond donors (Lipinski definition) is 1. The summed E-state index contributed by atoms with van der Waals surface area (Å²) < 4.78 is 111. The van der Waals surface area contributed by atoms with Crippen molar-refractivity contribution in [2.45, 2.75) is 44.8 Å². The van der Waals surface area contributed by atoms with E-state index in [4.69, 9.17) is 4.74 Å². The fourth-order valence-electron chi connectivity index (χ4n) is 3.68. The lowest BCUT2D eigenvalue weighted by molar-refractivity contribution is -0.275. The molecule has 212 valence electrons. The van der Waals surface area contributed by atoms with E-state index in [9.17, 15) is 44.7 Å². The Balaban J connectivity index is 1.84. The molecule has 0 spiro atoms. The van der Waals surface area contributed by atoms with Crippen LogP contribution in [0.2, 0.25) is 0 Å². The average Bonchev–Trinajstić information content (AvgIpc) is 2.84. The standard InChI is InChI=1S/C24H21F8N3O4/c1-3-14-11-19(36)35(34-20(14)15-6-9-17(38-2)18(10-15)39-24(30,31)32)12-13-4-7-16(8-5-13)33-21(37)22(25,26)23(27,28)29/h4-10,14H,3,11-12H2,1-2H3,(H,33,37). The van der Waals surface area contributed by atoms with Crippen molar-refractivity contribution in [3.8, 4) is 11.5 Å². The zero-order valence-electron chi connectivity index (χ0n) is 20.3. The molecule has 1 aliphatic heterocycles. The van der Waals surface area contributed by atoms with E-state index in [2.05, 4.69) is 9.84 Å². The number of amides is 2. The zero-order chi connectivity index (χ0) is 29.2. The van der Waals surface area contributed by atoms with Gasteiger partial charge >= 0.3 is 24.4 Å². The second kappa shape index (κ2) is 11.1. The van der Waals surface area contributed by atoms with Gasteiger partial charge in [0.05, 0.1) is 19.4 Å². The molecule has 39 heavy (non-hydrogen) atoms. The minimum atomic E-state index is -6.07. The number of methoxy groups -OCH3 is 1. The van der Waals surface area contributed by atoms with Crippen molar-refractivity contribution in [1.82, 2.24) is 5.01 Å². The SMILES string of the molecule is CCC1CC(=O)N(Cc2ccc(NC(=O)C(F)(F)C(F)(F)F)cc2)N=C1c1ccc(OC)c(OC(F)(F)F)c1. The summed E-state index contributed by atoms with van der Waals surface area (Å²) in [5.74, 6) is -9.76. The monoisotopic (exact) mass is 567 g/mol. The van der Waals surface area contributed by atoms with E-state index < -0.39 is 41.9 Å². The van der Waals surface area contributed by atoms with E-state index in [0.717, 1.165) is 23.2 Å². The first-order valence-corrected chi connectivity index (χ1v) is 11.2. The van der Waals surface area contributed by atoms with Crippen LogP contribution in [0.3, 0.4) is 0 Å². The lowest BCUT2D eigenvalue weighted by Crippen LogP contribution is -2.47. The molecule has 0 radical (unpaired) electrons. The van der Waals surface area contributed by atoms with E-state index in [1.165, 1.54) is 36.7 Å². The lowest BCUT2D eigenvalue weighted by atomic mass is 9.89. The van der Waals surface area contributed by atoms with Crippen molar-refractivity contribution >= 4 is 23.2 Å². The van der Waals surface area contributed by atoms with E-state index in [1.54, 1.807) is 6.92 Å². The summed E-state index contributed by atoms with van der Waals surface area (Å²) in [6.45, 7) is 1.61. The molecular formula is C24H21F8N3O4. The smallest absolute Gasteiger partial charge is 0.493 e. The Morgan fingerprint density at radius 1 is 1.03 bits per heavy atom. The van der Waals surface area contributed by atoms with Gasteiger partial charge in [0.2, 0.25) is 5.91 Å². The second-order valence-corrected chi connectivity index (χ2v) is 8.38. The molecule has 2 amide bonds. The number of alkyl halides is 8. The highest BCUT2D eigenvalue weighted by Crippen LogP contribution is 2.37. The number of benzene rings is 2. The number of anilines is 1. The van der Waals surface area contributed by atoms with Gasteiger partial charge in [-0.05, 0) is 42.3 Å². The summed E-state index contributed by atoms with van der Waals surface area (Å²) in [4.78, 5) is 24.1. The Labute approximate surface area is 216 Å². The maximum atomic E-state index is 13.2. The van der Waals surface area contributed by atoms with Gasteiger partial charge in [0.15, 0.2) is 11.5 Å². The van der Waals surface area contributed by atoms with Crippen LogP contribution < -0.4 is 14.8 Å². The third-order valence-electron chi connectivity index (χ3n) is 5.69. The van der Waals surface area contributed by atoms with Crippen molar-refractivity contribution in [3.63, 3.8) is 0 Å². The molecular weight excluding hydrogens is 546 g/mol. The van der Waals surface area contributed by atoms with E-state index in [0.29, 0.717) is 17.7 Å². The summed E-state index contributed by atoms with van der Waals surface area (Å²) in [6.07, 6.45) is -10.6. The summed E-state index contributed by atoms with van der Waals surface area (Å²) >= 11 is 0. The first-order valence-electron chi connectivity index (χ1n) is 11.2. The molecule has 0 saturated carbocycles. The summed E-state index contributed by atoms with van der Waals surface area (Å²) in [6, 6.07) is 8.51. The number of hydrogen-bond acceptors (Lipinski definition) is 5. The molecule has 1 N–H and O–H groups in total. The predicted molar refractivity (Wildman–Crippen MR) is 121 cm³/mol. The molecule has 15 heteroatoms. The largest absolute Gasteiger partial charge is 0.573 e.